The normalized spacial score (nSPS) is 21.3. The highest BCUT2D eigenvalue weighted by Gasteiger charge is 2.33. The van der Waals surface area contributed by atoms with Crippen molar-refractivity contribution in [3.05, 3.63) is 36.4 Å². The number of nitrogens with one attached hydrogen (secondary N) is 1. The predicted molar refractivity (Wildman–Crippen MR) is 79.4 cm³/mol. The van der Waals surface area contributed by atoms with Gasteiger partial charge in [0.25, 0.3) is 0 Å². The Morgan fingerprint density at radius 2 is 1.64 bits per heavy atom. The maximum Gasteiger partial charge on any atom is 0.307 e. The van der Waals surface area contributed by atoms with Gasteiger partial charge in [-0.15, -0.1) is 0 Å². The van der Waals surface area contributed by atoms with Crippen LogP contribution in [0.25, 0.3) is 0 Å². The van der Waals surface area contributed by atoms with E-state index in [1.807, 2.05) is 0 Å². The highest BCUT2D eigenvalue weighted by Crippen LogP contribution is 2.27. The zero-order chi connectivity index (χ0) is 16.3. The molecule has 0 aliphatic heterocycles. The molecule has 7 nitrogen and oxygen atoms in total. The van der Waals surface area contributed by atoms with Crippen LogP contribution >= 0.6 is 0 Å². The number of carboxylic acids is 1. The molecule has 1 aliphatic rings. The Kier molecular flexibility index (Phi) is 4.62. The standard InChI is InChI=1S/C14H16N2O5S/c15-22(20,21)10-7-5-9(6-8-10)16-13(17)11-3-1-2-4-12(11)14(18)19/h1-2,5-8,11-12H,3-4H2,(H,16,17)(H,18,19)(H2,15,20,21)/t11-,12-/m0/s1. The Labute approximate surface area is 127 Å². The van der Waals surface area contributed by atoms with Gasteiger partial charge in [-0.2, -0.15) is 0 Å². The molecule has 0 fully saturated rings. The van der Waals surface area contributed by atoms with E-state index in [4.69, 9.17) is 10.2 Å². The number of carbonyl (C=O) groups excluding carboxylic acids is 1. The molecule has 4 N–H and O–H groups in total. The second-order valence-corrected chi connectivity index (χ2v) is 6.61. The van der Waals surface area contributed by atoms with Crippen LogP contribution in [0.3, 0.4) is 0 Å². The number of amides is 1. The van der Waals surface area contributed by atoms with Crippen molar-refractivity contribution in [2.24, 2.45) is 17.0 Å². The van der Waals surface area contributed by atoms with Gasteiger partial charge in [-0.05, 0) is 37.1 Å². The van der Waals surface area contributed by atoms with Crippen molar-refractivity contribution in [2.75, 3.05) is 5.32 Å². The zero-order valence-electron chi connectivity index (χ0n) is 11.6. The highest BCUT2D eigenvalue weighted by atomic mass is 32.2. The molecule has 0 spiro atoms. The van der Waals surface area contributed by atoms with E-state index in [1.165, 1.54) is 24.3 Å². The first-order valence-electron chi connectivity index (χ1n) is 6.60. The number of primary sulfonamides is 1. The molecular weight excluding hydrogens is 308 g/mol. The van der Waals surface area contributed by atoms with Gasteiger partial charge in [0.1, 0.15) is 0 Å². The molecular formula is C14H16N2O5S. The number of hydrogen-bond acceptors (Lipinski definition) is 4. The van der Waals surface area contributed by atoms with Crippen molar-refractivity contribution >= 4 is 27.6 Å². The molecule has 0 radical (unpaired) electrons. The lowest BCUT2D eigenvalue weighted by molar-refractivity contribution is -0.146. The number of carboxylic acid groups (broad SMARTS) is 1. The Morgan fingerprint density at radius 1 is 1.09 bits per heavy atom. The van der Waals surface area contributed by atoms with Crippen LogP contribution in [0.2, 0.25) is 0 Å². The summed E-state index contributed by atoms with van der Waals surface area (Å²) in [7, 11) is -3.79. The molecule has 2 atom stereocenters. The van der Waals surface area contributed by atoms with Gasteiger partial charge < -0.3 is 10.4 Å². The molecule has 0 bridgehead atoms. The van der Waals surface area contributed by atoms with Crippen LogP contribution < -0.4 is 10.5 Å². The summed E-state index contributed by atoms with van der Waals surface area (Å²) in [6.45, 7) is 0. The van der Waals surface area contributed by atoms with Crippen molar-refractivity contribution < 1.29 is 23.1 Å². The Bertz CT molecular complexity index is 709. The van der Waals surface area contributed by atoms with Crippen LogP contribution in [-0.2, 0) is 19.6 Å². The average molecular weight is 324 g/mol. The second-order valence-electron chi connectivity index (χ2n) is 5.05. The summed E-state index contributed by atoms with van der Waals surface area (Å²) in [5, 5.41) is 16.7. The van der Waals surface area contributed by atoms with Gasteiger partial charge in [-0.1, -0.05) is 12.2 Å². The number of anilines is 1. The van der Waals surface area contributed by atoms with E-state index in [-0.39, 0.29) is 4.90 Å². The van der Waals surface area contributed by atoms with Crippen molar-refractivity contribution in [1.29, 1.82) is 0 Å². The summed E-state index contributed by atoms with van der Waals surface area (Å²) in [6, 6.07) is 5.37. The van der Waals surface area contributed by atoms with E-state index < -0.39 is 33.7 Å². The van der Waals surface area contributed by atoms with Gasteiger partial charge in [-0.25, -0.2) is 13.6 Å². The smallest absolute Gasteiger partial charge is 0.307 e. The summed E-state index contributed by atoms with van der Waals surface area (Å²) in [4.78, 5) is 23.3. The van der Waals surface area contributed by atoms with Crippen LogP contribution in [0.15, 0.2) is 41.3 Å². The van der Waals surface area contributed by atoms with Crippen LogP contribution in [0.4, 0.5) is 5.69 Å². The maximum absolute atomic E-state index is 12.2. The lowest BCUT2D eigenvalue weighted by Gasteiger charge is -2.24. The fraction of sp³-hybridized carbons (Fsp3) is 0.286. The van der Waals surface area contributed by atoms with E-state index in [0.29, 0.717) is 18.5 Å². The Balaban J connectivity index is 2.11. The zero-order valence-corrected chi connectivity index (χ0v) is 12.4. The monoisotopic (exact) mass is 324 g/mol. The van der Waals surface area contributed by atoms with Gasteiger partial charge in [0.2, 0.25) is 15.9 Å². The number of hydrogen-bond donors (Lipinski definition) is 3. The van der Waals surface area contributed by atoms with Crippen molar-refractivity contribution in [2.45, 2.75) is 17.7 Å². The molecule has 1 aromatic carbocycles. The van der Waals surface area contributed by atoms with Crippen molar-refractivity contribution in [3.8, 4) is 0 Å². The number of aliphatic carboxylic acids is 1. The number of carbonyl (C=O) groups is 2. The fourth-order valence-electron chi connectivity index (χ4n) is 2.34. The first kappa shape index (κ1) is 16.2. The SMILES string of the molecule is NS(=O)(=O)c1ccc(NC(=O)[C@H]2CC=CC[C@@H]2C(=O)O)cc1. The van der Waals surface area contributed by atoms with E-state index in [9.17, 15) is 18.0 Å². The van der Waals surface area contributed by atoms with Crippen LogP contribution in [-0.4, -0.2) is 25.4 Å². The molecule has 0 unspecified atom stereocenters. The van der Waals surface area contributed by atoms with Gasteiger partial charge in [0, 0.05) is 5.69 Å². The molecule has 0 saturated carbocycles. The minimum atomic E-state index is -3.79. The molecule has 118 valence electrons. The molecule has 1 aromatic rings. The molecule has 8 heteroatoms. The minimum Gasteiger partial charge on any atom is -0.481 e. The molecule has 0 aromatic heterocycles. The lowest BCUT2D eigenvalue weighted by atomic mass is 9.82. The molecule has 0 saturated heterocycles. The Hall–Kier alpha value is -2.19. The maximum atomic E-state index is 12.2. The van der Waals surface area contributed by atoms with Crippen LogP contribution in [0.5, 0.6) is 0 Å². The second kappa shape index (κ2) is 6.29. The predicted octanol–water partition coefficient (Wildman–Crippen LogP) is 0.939. The number of sulfonamides is 1. The third-order valence-corrected chi connectivity index (χ3v) is 4.47. The summed E-state index contributed by atoms with van der Waals surface area (Å²) in [5.74, 6) is -2.82. The first-order chi connectivity index (χ1) is 10.3. The third kappa shape index (κ3) is 3.71. The van der Waals surface area contributed by atoms with Gasteiger partial charge in [0.05, 0.1) is 16.7 Å². The first-order valence-corrected chi connectivity index (χ1v) is 8.15. The quantitative estimate of drug-likeness (QED) is 0.710. The number of nitrogens with two attached hydrogens (primary N) is 1. The summed E-state index contributed by atoms with van der Waals surface area (Å²) < 4.78 is 22.3. The van der Waals surface area contributed by atoms with Crippen molar-refractivity contribution in [1.82, 2.24) is 0 Å². The molecule has 1 aliphatic carbocycles. The molecule has 1 amide bonds. The summed E-state index contributed by atoms with van der Waals surface area (Å²) in [5.41, 5.74) is 0.385. The largest absolute Gasteiger partial charge is 0.481 e. The molecule has 2 rings (SSSR count). The minimum absolute atomic E-state index is 0.0606. The van der Waals surface area contributed by atoms with E-state index in [0.717, 1.165) is 0 Å². The van der Waals surface area contributed by atoms with Crippen molar-refractivity contribution in [3.63, 3.8) is 0 Å². The number of benzene rings is 1. The number of rotatable bonds is 4. The fourth-order valence-corrected chi connectivity index (χ4v) is 2.86. The van der Waals surface area contributed by atoms with Gasteiger partial charge >= 0.3 is 5.97 Å². The lowest BCUT2D eigenvalue weighted by Crippen LogP contribution is -2.34. The molecule has 22 heavy (non-hydrogen) atoms. The van der Waals surface area contributed by atoms with E-state index in [2.05, 4.69) is 5.32 Å². The van der Waals surface area contributed by atoms with Gasteiger partial charge in [0.15, 0.2) is 0 Å². The van der Waals surface area contributed by atoms with Crippen LogP contribution in [0, 0.1) is 11.8 Å². The number of allylic oxidation sites excluding steroid dienone is 2. The van der Waals surface area contributed by atoms with Crippen LogP contribution in [0.1, 0.15) is 12.8 Å². The highest BCUT2D eigenvalue weighted by molar-refractivity contribution is 7.89. The van der Waals surface area contributed by atoms with E-state index >= 15 is 0 Å². The summed E-state index contributed by atoms with van der Waals surface area (Å²) in [6.07, 6.45) is 4.22. The topological polar surface area (TPSA) is 127 Å². The van der Waals surface area contributed by atoms with E-state index in [1.54, 1.807) is 12.2 Å². The summed E-state index contributed by atoms with van der Waals surface area (Å²) >= 11 is 0. The Morgan fingerprint density at radius 3 is 2.14 bits per heavy atom. The van der Waals surface area contributed by atoms with Gasteiger partial charge in [-0.3, -0.25) is 9.59 Å². The third-order valence-electron chi connectivity index (χ3n) is 3.54. The molecule has 0 heterocycles. The average Bonchev–Trinajstić information content (AvgIpc) is 2.46.